The molecule has 1 N–H and O–H groups in total. The molecule has 1 aromatic heterocycles. The van der Waals surface area contributed by atoms with E-state index in [1.165, 1.54) is 50.4 Å². The van der Waals surface area contributed by atoms with Crippen LogP contribution in [0.25, 0.3) is 12.2 Å². The SMILES string of the molecule is CCC1=C(CC)C2=NC1=Cc1[nH]c(c(CC)c1CC)C=C1N=C(C(CC)=C1CC)c1cccc3c1N=C(/C2=C/N(C)C)C3(CC)CC. The van der Waals surface area contributed by atoms with E-state index in [0.29, 0.717) is 0 Å². The fourth-order valence-electron chi connectivity index (χ4n) is 8.65. The Morgan fingerprint density at radius 2 is 1.19 bits per heavy atom. The summed E-state index contributed by atoms with van der Waals surface area (Å²) in [6.07, 6.45) is 14.5. The number of nitrogens with one attached hydrogen (secondary N) is 1. The van der Waals surface area contributed by atoms with Crippen molar-refractivity contribution in [1.82, 2.24) is 9.88 Å². The van der Waals surface area contributed by atoms with Crippen LogP contribution in [0, 0.1) is 0 Å². The van der Waals surface area contributed by atoms with Crippen molar-refractivity contribution in [3.05, 3.63) is 97.3 Å². The molecular weight excluding hydrogens is 574 g/mol. The lowest BCUT2D eigenvalue weighted by molar-refractivity contribution is 0.539. The summed E-state index contributed by atoms with van der Waals surface area (Å²) >= 11 is 0. The molecule has 0 atom stereocenters. The van der Waals surface area contributed by atoms with Crippen LogP contribution in [0.4, 0.5) is 5.69 Å². The van der Waals surface area contributed by atoms with E-state index < -0.39 is 0 Å². The van der Waals surface area contributed by atoms with Crippen LogP contribution in [-0.2, 0) is 18.3 Å². The highest BCUT2D eigenvalue weighted by Gasteiger charge is 2.45. The molecule has 246 valence electrons. The van der Waals surface area contributed by atoms with Crippen molar-refractivity contribution < 1.29 is 0 Å². The van der Waals surface area contributed by atoms with Crippen LogP contribution >= 0.6 is 0 Å². The maximum Gasteiger partial charge on any atom is 0.0778 e. The van der Waals surface area contributed by atoms with Crippen LogP contribution < -0.4 is 0 Å². The van der Waals surface area contributed by atoms with Crippen LogP contribution in [0.2, 0.25) is 0 Å². The van der Waals surface area contributed by atoms with E-state index in [1.54, 1.807) is 0 Å². The van der Waals surface area contributed by atoms with Crippen molar-refractivity contribution in [2.45, 2.75) is 112 Å². The van der Waals surface area contributed by atoms with E-state index >= 15 is 0 Å². The van der Waals surface area contributed by atoms with E-state index in [-0.39, 0.29) is 5.41 Å². The molecular formula is C42H53N5. The van der Waals surface area contributed by atoms with Gasteiger partial charge in [-0.3, -0.25) is 4.99 Å². The van der Waals surface area contributed by atoms with E-state index in [9.17, 15) is 0 Å². The number of para-hydroxylation sites is 1. The molecule has 0 spiro atoms. The van der Waals surface area contributed by atoms with Crippen LogP contribution in [0.5, 0.6) is 0 Å². The van der Waals surface area contributed by atoms with Gasteiger partial charge in [0.15, 0.2) is 0 Å². The Morgan fingerprint density at radius 1 is 0.660 bits per heavy atom. The highest BCUT2D eigenvalue weighted by atomic mass is 15.0. The molecule has 8 bridgehead atoms. The number of allylic oxidation sites excluding steroid dienone is 5. The predicted molar refractivity (Wildman–Crippen MR) is 202 cm³/mol. The summed E-state index contributed by atoms with van der Waals surface area (Å²) in [5.74, 6) is 0. The highest BCUT2D eigenvalue weighted by Crippen LogP contribution is 2.51. The minimum atomic E-state index is -0.220. The Morgan fingerprint density at radius 3 is 1.68 bits per heavy atom. The third-order valence-electron chi connectivity index (χ3n) is 10.9. The molecule has 4 aliphatic rings. The molecule has 0 radical (unpaired) electrons. The number of rotatable bonds is 9. The van der Waals surface area contributed by atoms with Gasteiger partial charge in [0.1, 0.15) is 0 Å². The summed E-state index contributed by atoms with van der Waals surface area (Å²) in [5, 5.41) is 0. The van der Waals surface area contributed by atoms with Crippen molar-refractivity contribution in [3.63, 3.8) is 0 Å². The number of aromatic amines is 1. The highest BCUT2D eigenvalue weighted by molar-refractivity contribution is 6.35. The second-order valence-corrected chi connectivity index (χ2v) is 13.4. The van der Waals surface area contributed by atoms with Gasteiger partial charge in [0.05, 0.1) is 34.2 Å². The monoisotopic (exact) mass is 627 g/mol. The third-order valence-corrected chi connectivity index (χ3v) is 10.9. The minimum Gasteiger partial charge on any atom is -0.383 e. The second kappa shape index (κ2) is 12.9. The van der Waals surface area contributed by atoms with E-state index in [4.69, 9.17) is 15.0 Å². The number of aromatic nitrogens is 1. The molecule has 0 unspecified atom stereocenters. The van der Waals surface area contributed by atoms with Crippen LogP contribution in [0.3, 0.4) is 0 Å². The molecule has 6 rings (SSSR count). The average molecular weight is 628 g/mol. The summed E-state index contributed by atoms with van der Waals surface area (Å²) in [4.78, 5) is 22.8. The van der Waals surface area contributed by atoms with Gasteiger partial charge in [-0.1, -0.05) is 73.6 Å². The first-order chi connectivity index (χ1) is 22.7. The molecule has 47 heavy (non-hydrogen) atoms. The van der Waals surface area contributed by atoms with Gasteiger partial charge in [0, 0.05) is 48.2 Å². The summed E-state index contributed by atoms with van der Waals surface area (Å²) in [6.45, 7) is 18.3. The Hall–Kier alpha value is -3.99. The molecule has 0 saturated heterocycles. The third kappa shape index (κ3) is 5.00. The second-order valence-electron chi connectivity index (χ2n) is 13.4. The van der Waals surface area contributed by atoms with Gasteiger partial charge in [-0.25, -0.2) is 9.98 Å². The van der Waals surface area contributed by atoms with Gasteiger partial charge < -0.3 is 9.88 Å². The Kier molecular flexibility index (Phi) is 9.04. The molecule has 0 fully saturated rings. The van der Waals surface area contributed by atoms with Crippen LogP contribution in [0.15, 0.2) is 78.6 Å². The Balaban J connectivity index is 1.79. The van der Waals surface area contributed by atoms with Gasteiger partial charge in [0.25, 0.3) is 0 Å². The number of aliphatic imine (C=N–C) groups is 3. The Bertz CT molecular complexity index is 1870. The van der Waals surface area contributed by atoms with Gasteiger partial charge in [-0.05, 0) is 103 Å². The predicted octanol–water partition coefficient (Wildman–Crippen LogP) is 10.6. The maximum atomic E-state index is 5.70. The summed E-state index contributed by atoms with van der Waals surface area (Å²) in [5.41, 5.74) is 20.4. The lowest BCUT2D eigenvalue weighted by Crippen LogP contribution is -2.36. The van der Waals surface area contributed by atoms with Gasteiger partial charge in [-0.2, -0.15) is 0 Å². The van der Waals surface area contributed by atoms with Crippen molar-refractivity contribution >= 4 is 35.0 Å². The first-order valence-corrected chi connectivity index (χ1v) is 18.2. The van der Waals surface area contributed by atoms with Crippen molar-refractivity contribution in [2.75, 3.05) is 14.1 Å². The van der Waals surface area contributed by atoms with Gasteiger partial charge in [-0.15, -0.1) is 0 Å². The van der Waals surface area contributed by atoms with E-state index in [2.05, 4.69) is 116 Å². The first-order valence-electron chi connectivity index (χ1n) is 18.2. The number of hydrogen-bond acceptors (Lipinski definition) is 4. The molecule has 2 aromatic rings. The average Bonchev–Trinajstić information content (AvgIpc) is 3.81. The van der Waals surface area contributed by atoms with Crippen molar-refractivity contribution in [2.24, 2.45) is 15.0 Å². The molecule has 5 nitrogen and oxygen atoms in total. The number of hydrogen-bond donors (Lipinski definition) is 1. The fourth-order valence-corrected chi connectivity index (χ4v) is 8.65. The standard InChI is InChI=1S/C42H53N5/c1-11-25-26(12-2)35-23-37-28(14-4)30(16-6)39(45-37)32(24-47(9)10)41-42(17-7,18-8)33-21-19-20-31(40(33)46-41)38-29(15-5)27(13-3)36(44-38)22-34(25)43-35/h19-24,43H,11-18H2,1-10H3/b32-24+,36-22?,37-23?. The van der Waals surface area contributed by atoms with Crippen LogP contribution in [-0.4, -0.2) is 41.1 Å². The largest absolute Gasteiger partial charge is 0.383 e. The molecule has 4 aliphatic heterocycles. The summed E-state index contributed by atoms with van der Waals surface area (Å²) in [7, 11) is 4.24. The normalized spacial score (nSPS) is 18.9. The summed E-state index contributed by atoms with van der Waals surface area (Å²) in [6, 6.07) is 6.81. The van der Waals surface area contributed by atoms with Crippen molar-refractivity contribution in [3.8, 4) is 0 Å². The minimum absolute atomic E-state index is 0.220. The zero-order valence-corrected chi connectivity index (χ0v) is 30.4. The lowest BCUT2D eigenvalue weighted by Gasteiger charge is -2.32. The quantitative estimate of drug-likeness (QED) is 0.295. The smallest absolute Gasteiger partial charge is 0.0778 e. The first kappa shape index (κ1) is 32.9. The van der Waals surface area contributed by atoms with Crippen LogP contribution in [0.1, 0.15) is 128 Å². The van der Waals surface area contributed by atoms with Gasteiger partial charge >= 0.3 is 0 Å². The lowest BCUT2D eigenvalue weighted by atomic mass is 9.69. The van der Waals surface area contributed by atoms with Crippen molar-refractivity contribution in [1.29, 1.82) is 0 Å². The zero-order chi connectivity index (χ0) is 33.6. The summed E-state index contributed by atoms with van der Waals surface area (Å²) < 4.78 is 0. The fraction of sp³-hybridized carbons (Fsp3) is 0.452. The zero-order valence-electron chi connectivity index (χ0n) is 30.4. The number of fused-ring (bicyclic) bond motifs is 5. The molecule has 0 saturated carbocycles. The molecule has 1 aromatic carbocycles. The Labute approximate surface area is 282 Å². The molecule has 0 amide bonds. The van der Waals surface area contributed by atoms with E-state index in [1.807, 2.05) is 0 Å². The van der Waals surface area contributed by atoms with E-state index in [0.717, 1.165) is 96.7 Å². The molecule has 0 aliphatic carbocycles. The van der Waals surface area contributed by atoms with Gasteiger partial charge in [0.2, 0.25) is 0 Å². The molecule has 5 heteroatoms. The maximum absolute atomic E-state index is 5.70. The number of H-pyrrole nitrogens is 1. The number of benzene rings is 1. The number of nitrogens with zero attached hydrogens (tertiary/aromatic N) is 4. The topological polar surface area (TPSA) is 56.1 Å². The molecule has 5 heterocycles.